The monoisotopic (exact) mass is 173 g/mol. The van der Waals surface area contributed by atoms with E-state index in [1.807, 2.05) is 0 Å². The molecule has 0 rings (SSSR count). The lowest BCUT2D eigenvalue weighted by molar-refractivity contribution is 0.589. The van der Waals surface area contributed by atoms with Crippen LogP contribution in [0.3, 0.4) is 0 Å². The van der Waals surface area contributed by atoms with Gasteiger partial charge in [0.1, 0.15) is 0 Å². The van der Waals surface area contributed by atoms with Crippen molar-refractivity contribution in [1.29, 1.82) is 0 Å². The van der Waals surface area contributed by atoms with E-state index < -0.39 is 0 Å². The highest BCUT2D eigenvalue weighted by molar-refractivity contribution is 6.08. The zero-order chi connectivity index (χ0) is 8.36. The third kappa shape index (κ3) is 10.2. The summed E-state index contributed by atoms with van der Waals surface area (Å²) in [5, 5.41) is 3.40. The summed E-state index contributed by atoms with van der Waals surface area (Å²) in [5.41, 5.74) is 0. The minimum atomic E-state index is 1.25. The fourth-order valence-electron chi connectivity index (χ4n) is 1.21. The molecule has 0 aliphatic carbocycles. The van der Waals surface area contributed by atoms with E-state index >= 15 is 0 Å². The summed E-state index contributed by atoms with van der Waals surface area (Å²) in [5.74, 6) is 0. The molecule has 68 valence electrons. The summed E-state index contributed by atoms with van der Waals surface area (Å²) in [6, 6.07) is 0. The molecule has 0 aromatic heterocycles. The second kappa shape index (κ2) is 10.2. The van der Waals surface area contributed by atoms with Crippen LogP contribution in [0.2, 0.25) is 0 Å². The van der Waals surface area contributed by atoms with Gasteiger partial charge in [-0.2, -0.15) is 0 Å². The van der Waals surface area contributed by atoms with Crippen molar-refractivity contribution in [3.8, 4) is 0 Å². The Hall–Kier alpha value is 0.177. The fraction of sp³-hybridized carbons (Fsp3) is 1.00. The third-order valence-electron chi connectivity index (χ3n) is 1.96. The second-order valence-electron chi connectivity index (χ2n) is 3.12. The first-order valence-electron chi connectivity index (χ1n) is 5.12. The van der Waals surface area contributed by atoms with Gasteiger partial charge in [0.15, 0.2) is 0 Å². The molecule has 0 saturated heterocycles. The van der Waals surface area contributed by atoms with Gasteiger partial charge in [0, 0.05) is 10.2 Å². The summed E-state index contributed by atoms with van der Waals surface area (Å²) in [7, 11) is 1.30. The first-order chi connectivity index (χ1) is 5.41. The van der Waals surface area contributed by atoms with Crippen LogP contribution in [0.1, 0.15) is 45.4 Å². The number of nitrogens with one attached hydrogen (secondary N) is 1. The molecule has 0 radical (unpaired) electrons. The van der Waals surface area contributed by atoms with Gasteiger partial charge in [-0.3, -0.25) is 0 Å². The van der Waals surface area contributed by atoms with E-state index in [-0.39, 0.29) is 0 Å². The largest absolute Gasteiger partial charge is 0.320 e. The number of hydrogen-bond donors (Lipinski definition) is 1. The Balaban J connectivity index is 2.69. The Morgan fingerprint density at radius 1 is 1.00 bits per heavy atom. The lowest BCUT2D eigenvalue weighted by Crippen LogP contribution is -2.16. The summed E-state index contributed by atoms with van der Waals surface area (Å²) in [6.07, 6.45) is 9.73. The van der Waals surface area contributed by atoms with Gasteiger partial charge in [-0.05, 0) is 19.1 Å². The predicted octanol–water partition coefficient (Wildman–Crippen LogP) is 1.26. The quantitative estimate of drug-likeness (QED) is 0.430. The van der Waals surface area contributed by atoms with Crippen LogP contribution in [0.4, 0.5) is 0 Å². The Morgan fingerprint density at radius 3 is 2.27 bits per heavy atom. The van der Waals surface area contributed by atoms with Gasteiger partial charge >= 0.3 is 0 Å². The molecule has 0 fully saturated rings. The van der Waals surface area contributed by atoms with Crippen molar-refractivity contribution < 1.29 is 0 Å². The third-order valence-corrected chi connectivity index (χ3v) is 2.46. The average Bonchev–Trinajstić information content (AvgIpc) is 2.03. The van der Waals surface area contributed by atoms with E-state index in [9.17, 15) is 0 Å². The van der Waals surface area contributed by atoms with Crippen molar-refractivity contribution in [2.45, 2.75) is 45.4 Å². The molecule has 0 aromatic carbocycles. The van der Waals surface area contributed by atoms with E-state index in [0.29, 0.717) is 0 Å². The SMILES string of the molecule is CCCCCCCCNC[SiH3]. The minimum Gasteiger partial charge on any atom is -0.320 e. The fourth-order valence-corrected chi connectivity index (χ4v) is 1.56. The summed E-state index contributed by atoms with van der Waals surface area (Å²) < 4.78 is 0. The molecule has 0 heterocycles. The predicted molar refractivity (Wildman–Crippen MR) is 56.2 cm³/mol. The van der Waals surface area contributed by atoms with E-state index in [2.05, 4.69) is 12.2 Å². The average molecular weight is 173 g/mol. The van der Waals surface area contributed by atoms with Crippen LogP contribution >= 0.6 is 0 Å². The minimum absolute atomic E-state index is 1.25. The first-order valence-corrected chi connectivity index (χ1v) is 6.54. The van der Waals surface area contributed by atoms with Crippen molar-refractivity contribution in [1.82, 2.24) is 5.32 Å². The molecule has 1 nitrogen and oxygen atoms in total. The van der Waals surface area contributed by atoms with Crippen LogP contribution in [0, 0.1) is 0 Å². The highest BCUT2D eigenvalue weighted by Crippen LogP contribution is 2.03. The lowest BCUT2D eigenvalue weighted by atomic mass is 10.1. The molecule has 0 saturated carbocycles. The van der Waals surface area contributed by atoms with Gasteiger partial charge in [0.2, 0.25) is 0 Å². The molecular formula is C9H23NSi. The topological polar surface area (TPSA) is 12.0 Å². The number of hydrogen-bond acceptors (Lipinski definition) is 1. The van der Waals surface area contributed by atoms with Crippen LogP contribution in [0.25, 0.3) is 0 Å². The molecule has 0 aliphatic rings. The molecule has 2 heteroatoms. The molecule has 0 bridgehead atoms. The maximum Gasteiger partial charge on any atom is 0.0201 e. The highest BCUT2D eigenvalue weighted by Gasteiger charge is 1.88. The Labute approximate surface area is 74.4 Å². The van der Waals surface area contributed by atoms with E-state index in [1.165, 1.54) is 61.5 Å². The van der Waals surface area contributed by atoms with Gasteiger partial charge in [-0.25, -0.2) is 0 Å². The number of unbranched alkanes of at least 4 members (excludes halogenated alkanes) is 5. The molecule has 0 atom stereocenters. The summed E-state index contributed by atoms with van der Waals surface area (Å²) >= 11 is 0. The number of rotatable bonds is 8. The van der Waals surface area contributed by atoms with E-state index in [0.717, 1.165) is 0 Å². The lowest BCUT2D eigenvalue weighted by Gasteiger charge is -2.00. The van der Waals surface area contributed by atoms with E-state index in [4.69, 9.17) is 0 Å². The van der Waals surface area contributed by atoms with Crippen molar-refractivity contribution >= 4 is 10.2 Å². The summed E-state index contributed by atoms with van der Waals surface area (Å²) in [4.78, 5) is 0. The normalized spacial score (nSPS) is 10.6. The first kappa shape index (κ1) is 11.2. The van der Waals surface area contributed by atoms with Gasteiger partial charge in [-0.1, -0.05) is 39.0 Å². The van der Waals surface area contributed by atoms with Crippen molar-refractivity contribution in [2.24, 2.45) is 0 Å². The van der Waals surface area contributed by atoms with Gasteiger partial charge in [-0.15, -0.1) is 0 Å². The zero-order valence-corrected chi connectivity index (χ0v) is 10.2. The Morgan fingerprint density at radius 2 is 1.64 bits per heavy atom. The van der Waals surface area contributed by atoms with Gasteiger partial charge in [0.05, 0.1) is 0 Å². The molecule has 11 heavy (non-hydrogen) atoms. The molecular weight excluding hydrogens is 150 g/mol. The molecule has 0 spiro atoms. The van der Waals surface area contributed by atoms with Gasteiger partial charge in [0.25, 0.3) is 0 Å². The molecule has 0 aromatic rings. The smallest absolute Gasteiger partial charge is 0.0201 e. The van der Waals surface area contributed by atoms with Crippen LogP contribution in [0.15, 0.2) is 0 Å². The highest BCUT2D eigenvalue weighted by atomic mass is 28.1. The Kier molecular flexibility index (Phi) is 10.3. The van der Waals surface area contributed by atoms with Crippen LogP contribution in [-0.4, -0.2) is 23.0 Å². The van der Waals surface area contributed by atoms with Crippen molar-refractivity contribution in [3.05, 3.63) is 0 Å². The van der Waals surface area contributed by atoms with Gasteiger partial charge < -0.3 is 5.32 Å². The maximum absolute atomic E-state index is 3.40. The molecule has 0 unspecified atom stereocenters. The van der Waals surface area contributed by atoms with Crippen LogP contribution < -0.4 is 5.32 Å². The van der Waals surface area contributed by atoms with Crippen molar-refractivity contribution in [3.63, 3.8) is 0 Å². The van der Waals surface area contributed by atoms with Crippen molar-refractivity contribution in [2.75, 3.05) is 12.7 Å². The second-order valence-corrected chi connectivity index (χ2v) is 3.83. The standard InChI is InChI=1S/C9H23NSi/c1-2-3-4-5-6-7-8-10-9-11/h10H,2-9H2,1,11H3. The van der Waals surface area contributed by atoms with Crippen LogP contribution in [-0.2, 0) is 0 Å². The molecule has 0 amide bonds. The Bertz CT molecular complexity index is 58.6. The zero-order valence-electron chi connectivity index (χ0n) is 8.16. The maximum atomic E-state index is 3.40. The van der Waals surface area contributed by atoms with Crippen LogP contribution in [0.5, 0.6) is 0 Å². The molecule has 1 N–H and O–H groups in total. The molecule has 0 aliphatic heterocycles. The van der Waals surface area contributed by atoms with E-state index in [1.54, 1.807) is 0 Å². The summed E-state index contributed by atoms with van der Waals surface area (Å²) in [6.45, 7) is 3.51.